The van der Waals surface area contributed by atoms with Crippen LogP contribution in [-0.4, -0.2) is 69.7 Å². The second-order valence-electron chi connectivity index (χ2n) is 9.42. The van der Waals surface area contributed by atoms with Crippen molar-refractivity contribution >= 4 is 29.6 Å². The van der Waals surface area contributed by atoms with Crippen LogP contribution in [0.25, 0.3) is 10.4 Å². The molecule has 2 aromatic rings. The van der Waals surface area contributed by atoms with E-state index in [9.17, 15) is 24.6 Å². The number of aromatic nitrogens is 1. The van der Waals surface area contributed by atoms with Gasteiger partial charge in [-0.05, 0) is 31.4 Å². The molecule has 0 spiro atoms. The third kappa shape index (κ3) is 5.99. The summed E-state index contributed by atoms with van der Waals surface area (Å²) in [6.45, 7) is 7.50. The lowest BCUT2D eigenvalue weighted by Gasteiger charge is -2.34. The molecule has 0 bridgehead atoms. The quantitative estimate of drug-likeness (QED) is 0.399. The van der Waals surface area contributed by atoms with E-state index in [2.05, 4.69) is 15.6 Å². The molecule has 0 saturated carbocycles. The maximum Gasteiger partial charge on any atom is 0.404 e. The SMILES string of the molecule is Cc1ncsc1-c1ccc([C@H](C)NC(=O)[C@@H]2C[C@@H](O)CN2C[C@@H](NC(=O)O)C(C)(C)C=O)cc1. The number of carbonyl (C=O) groups excluding carboxylic acids is 2. The minimum Gasteiger partial charge on any atom is -0.465 e. The van der Waals surface area contributed by atoms with Gasteiger partial charge in [-0.25, -0.2) is 9.78 Å². The van der Waals surface area contributed by atoms with Gasteiger partial charge in [0, 0.05) is 18.5 Å². The van der Waals surface area contributed by atoms with Crippen molar-refractivity contribution in [1.29, 1.82) is 0 Å². The fourth-order valence-corrected chi connectivity index (χ4v) is 4.99. The second-order valence-corrected chi connectivity index (χ2v) is 10.3. The molecule has 4 atom stereocenters. The zero-order chi connectivity index (χ0) is 25.0. The van der Waals surface area contributed by atoms with Gasteiger partial charge in [0.1, 0.15) is 6.29 Å². The van der Waals surface area contributed by atoms with Crippen molar-refractivity contribution in [3.63, 3.8) is 0 Å². The van der Waals surface area contributed by atoms with Gasteiger partial charge in [0.15, 0.2) is 0 Å². The molecule has 10 heteroatoms. The van der Waals surface area contributed by atoms with E-state index in [1.807, 2.05) is 43.6 Å². The van der Waals surface area contributed by atoms with Crippen LogP contribution in [0.1, 0.15) is 44.5 Å². The van der Waals surface area contributed by atoms with E-state index < -0.39 is 29.7 Å². The van der Waals surface area contributed by atoms with Gasteiger partial charge in [0.25, 0.3) is 0 Å². The summed E-state index contributed by atoms with van der Waals surface area (Å²) in [4.78, 5) is 43.1. The molecule has 1 aromatic heterocycles. The average molecular weight is 489 g/mol. The summed E-state index contributed by atoms with van der Waals surface area (Å²) in [6.07, 6.45) is -1.01. The lowest BCUT2D eigenvalue weighted by Crippen LogP contribution is -2.55. The van der Waals surface area contributed by atoms with Gasteiger partial charge < -0.3 is 25.6 Å². The zero-order valence-electron chi connectivity index (χ0n) is 19.8. The molecule has 184 valence electrons. The number of aryl methyl sites for hydroxylation is 1. The maximum absolute atomic E-state index is 13.1. The molecule has 34 heavy (non-hydrogen) atoms. The summed E-state index contributed by atoms with van der Waals surface area (Å²) in [6, 6.07) is 6.34. The van der Waals surface area contributed by atoms with Gasteiger partial charge in [0.05, 0.1) is 40.3 Å². The number of nitrogens with zero attached hydrogens (tertiary/aromatic N) is 2. The first kappa shape index (κ1) is 25.8. The number of amides is 2. The molecular formula is C24H32N4O5S. The summed E-state index contributed by atoms with van der Waals surface area (Å²) in [5, 5.41) is 24.8. The molecule has 4 N–H and O–H groups in total. The van der Waals surface area contributed by atoms with Gasteiger partial charge in [-0.3, -0.25) is 9.69 Å². The number of benzene rings is 1. The van der Waals surface area contributed by atoms with Crippen LogP contribution in [0.5, 0.6) is 0 Å². The van der Waals surface area contributed by atoms with Crippen LogP contribution < -0.4 is 10.6 Å². The Morgan fingerprint density at radius 1 is 1.29 bits per heavy atom. The van der Waals surface area contributed by atoms with Crippen LogP contribution >= 0.6 is 11.3 Å². The molecule has 0 aliphatic carbocycles. The van der Waals surface area contributed by atoms with Crippen LogP contribution in [0.2, 0.25) is 0 Å². The van der Waals surface area contributed by atoms with E-state index in [0.29, 0.717) is 6.29 Å². The summed E-state index contributed by atoms with van der Waals surface area (Å²) in [5.74, 6) is -0.246. The highest BCUT2D eigenvalue weighted by molar-refractivity contribution is 7.13. The van der Waals surface area contributed by atoms with Gasteiger partial charge in [-0.1, -0.05) is 38.1 Å². The normalized spacial score (nSPS) is 20.5. The molecule has 2 amide bonds. The van der Waals surface area contributed by atoms with Gasteiger partial charge in [-0.2, -0.15) is 0 Å². The molecule has 1 aliphatic heterocycles. The second kappa shape index (κ2) is 10.6. The lowest BCUT2D eigenvalue weighted by atomic mass is 9.85. The number of aliphatic hydroxyl groups excluding tert-OH is 1. The Hall–Kier alpha value is -2.82. The Labute approximate surface area is 203 Å². The number of hydrogen-bond donors (Lipinski definition) is 4. The first-order valence-electron chi connectivity index (χ1n) is 11.2. The van der Waals surface area contributed by atoms with E-state index in [-0.39, 0.29) is 31.5 Å². The molecule has 3 rings (SSSR count). The van der Waals surface area contributed by atoms with Gasteiger partial charge >= 0.3 is 6.09 Å². The highest BCUT2D eigenvalue weighted by Crippen LogP contribution is 2.29. The Kier molecular flexibility index (Phi) is 8.06. The summed E-state index contributed by atoms with van der Waals surface area (Å²) in [7, 11) is 0. The average Bonchev–Trinajstić information content (AvgIpc) is 3.38. The Balaban J connectivity index is 1.69. The van der Waals surface area contributed by atoms with Crippen LogP contribution in [0.3, 0.4) is 0 Å². The third-order valence-electron chi connectivity index (χ3n) is 6.38. The summed E-state index contributed by atoms with van der Waals surface area (Å²) < 4.78 is 0. The van der Waals surface area contributed by atoms with E-state index in [0.717, 1.165) is 21.7 Å². The van der Waals surface area contributed by atoms with Crippen molar-refractivity contribution in [2.75, 3.05) is 13.1 Å². The Morgan fingerprint density at radius 2 is 1.97 bits per heavy atom. The topological polar surface area (TPSA) is 132 Å². The molecule has 1 saturated heterocycles. The lowest BCUT2D eigenvalue weighted by molar-refractivity contribution is -0.126. The zero-order valence-corrected chi connectivity index (χ0v) is 20.6. The third-order valence-corrected chi connectivity index (χ3v) is 7.36. The van der Waals surface area contributed by atoms with E-state index in [4.69, 9.17) is 0 Å². The number of hydrogen-bond acceptors (Lipinski definition) is 7. The van der Waals surface area contributed by atoms with Crippen LogP contribution in [-0.2, 0) is 9.59 Å². The number of aliphatic hydroxyl groups is 1. The fourth-order valence-electron chi connectivity index (χ4n) is 4.18. The van der Waals surface area contributed by atoms with Crippen molar-refractivity contribution < 1.29 is 24.6 Å². The van der Waals surface area contributed by atoms with Crippen molar-refractivity contribution in [2.45, 2.75) is 58.3 Å². The molecular weight excluding hydrogens is 456 g/mol. The smallest absolute Gasteiger partial charge is 0.404 e. The molecule has 9 nitrogen and oxygen atoms in total. The van der Waals surface area contributed by atoms with Gasteiger partial charge in [-0.15, -0.1) is 11.3 Å². The number of aldehydes is 1. The first-order valence-corrected chi connectivity index (χ1v) is 12.1. The number of β-amino-alcohol motifs (C(OH)–C–C–N with tert-alkyl or cyclic N) is 1. The number of carbonyl (C=O) groups is 3. The summed E-state index contributed by atoms with van der Waals surface area (Å²) in [5.41, 5.74) is 3.83. The number of rotatable bonds is 9. The Bertz CT molecular complexity index is 1020. The number of carboxylic acid groups (broad SMARTS) is 1. The molecule has 0 radical (unpaired) electrons. The molecule has 1 aliphatic rings. The van der Waals surface area contributed by atoms with E-state index >= 15 is 0 Å². The monoisotopic (exact) mass is 488 g/mol. The minimum absolute atomic E-state index is 0.129. The first-order chi connectivity index (χ1) is 16.0. The van der Waals surface area contributed by atoms with Gasteiger partial charge in [0.2, 0.25) is 5.91 Å². The number of likely N-dealkylation sites (tertiary alicyclic amines) is 1. The van der Waals surface area contributed by atoms with Crippen molar-refractivity contribution in [2.24, 2.45) is 5.41 Å². The molecule has 1 aromatic carbocycles. The summed E-state index contributed by atoms with van der Waals surface area (Å²) >= 11 is 1.58. The number of nitrogens with one attached hydrogen (secondary N) is 2. The van der Waals surface area contributed by atoms with E-state index in [1.165, 1.54) is 0 Å². The highest BCUT2D eigenvalue weighted by atomic mass is 32.1. The highest BCUT2D eigenvalue weighted by Gasteiger charge is 2.40. The maximum atomic E-state index is 13.1. The predicted molar refractivity (Wildman–Crippen MR) is 130 cm³/mol. The molecule has 2 heterocycles. The predicted octanol–water partition coefficient (Wildman–Crippen LogP) is 2.59. The standard InChI is InChI=1S/C24H32N4O5S/c1-14(16-5-7-17(8-6-16)21-15(2)25-13-34-21)26-22(31)19-9-18(30)10-28(19)11-20(27-23(32)33)24(3,4)12-29/h5-8,12-14,18-20,27,30H,9-11H2,1-4H3,(H,26,31)(H,32,33)/t14-,18+,19-,20+/m0/s1. The van der Waals surface area contributed by atoms with Crippen molar-refractivity contribution in [1.82, 2.24) is 20.5 Å². The van der Waals surface area contributed by atoms with Crippen LogP contribution in [0, 0.1) is 12.3 Å². The minimum atomic E-state index is -1.24. The Morgan fingerprint density at radius 3 is 2.53 bits per heavy atom. The van der Waals surface area contributed by atoms with Crippen LogP contribution in [0.15, 0.2) is 29.8 Å². The van der Waals surface area contributed by atoms with Crippen molar-refractivity contribution in [3.05, 3.63) is 41.0 Å². The number of thiazole rings is 1. The van der Waals surface area contributed by atoms with Crippen LogP contribution in [0.4, 0.5) is 4.79 Å². The largest absolute Gasteiger partial charge is 0.465 e. The van der Waals surface area contributed by atoms with Crippen molar-refractivity contribution in [3.8, 4) is 10.4 Å². The molecule has 0 unspecified atom stereocenters. The fraction of sp³-hybridized carbons (Fsp3) is 0.500. The molecule has 1 fully saturated rings. The van der Waals surface area contributed by atoms with E-state index in [1.54, 1.807) is 30.1 Å².